The first-order valence-corrected chi connectivity index (χ1v) is 6.39. The Morgan fingerprint density at radius 2 is 1.48 bits per heavy atom. The maximum absolute atomic E-state index is 9.25. The summed E-state index contributed by atoms with van der Waals surface area (Å²) in [5, 5.41) is 45.2. The van der Waals surface area contributed by atoms with E-state index in [1.807, 2.05) is 36.4 Å². The molecule has 0 saturated heterocycles. The molecule has 0 radical (unpaired) electrons. The molecule has 0 spiro atoms. The van der Waals surface area contributed by atoms with Gasteiger partial charge in [0.15, 0.2) is 5.92 Å². The van der Waals surface area contributed by atoms with Crippen molar-refractivity contribution >= 4 is 6.08 Å². The summed E-state index contributed by atoms with van der Waals surface area (Å²) >= 11 is 0. The third-order valence-electron chi connectivity index (χ3n) is 2.80. The van der Waals surface area contributed by atoms with Crippen LogP contribution in [0.3, 0.4) is 0 Å². The van der Waals surface area contributed by atoms with Gasteiger partial charge in [-0.1, -0.05) is 42.5 Å². The second-order valence-corrected chi connectivity index (χ2v) is 4.17. The average molecular weight is 295 g/mol. The molecule has 5 nitrogen and oxygen atoms in total. The molecule has 0 heterocycles. The molecular weight excluding hydrogens is 286 g/mol. The summed E-state index contributed by atoms with van der Waals surface area (Å²) in [6.07, 6.45) is 4.66. The van der Waals surface area contributed by atoms with Gasteiger partial charge in [-0.3, -0.25) is 0 Å². The van der Waals surface area contributed by atoms with Gasteiger partial charge in [0.1, 0.15) is 17.7 Å². The van der Waals surface area contributed by atoms with Gasteiger partial charge in [-0.25, -0.2) is 0 Å². The fourth-order valence-corrected chi connectivity index (χ4v) is 1.74. The van der Waals surface area contributed by atoms with Gasteiger partial charge >= 0.3 is 0 Å². The molecule has 23 heavy (non-hydrogen) atoms. The van der Waals surface area contributed by atoms with E-state index in [2.05, 4.69) is 0 Å². The van der Waals surface area contributed by atoms with Crippen LogP contribution in [0.2, 0.25) is 0 Å². The Morgan fingerprint density at radius 3 is 1.96 bits per heavy atom. The van der Waals surface area contributed by atoms with Gasteiger partial charge in [0.2, 0.25) is 0 Å². The molecule has 0 fully saturated rings. The predicted octanol–water partition coefficient (Wildman–Crippen LogP) is 3.16. The molecule has 0 aliphatic carbocycles. The molecule has 1 aromatic carbocycles. The lowest BCUT2D eigenvalue weighted by Gasteiger charge is -2.05. The molecule has 0 N–H and O–H groups in total. The summed E-state index contributed by atoms with van der Waals surface area (Å²) in [5.74, 6) is -1.36. The largest absolute Gasteiger partial charge is 0.196 e. The van der Waals surface area contributed by atoms with Gasteiger partial charge in [0, 0.05) is 5.57 Å². The molecular formula is C18H9N5. The molecule has 0 aromatic heterocycles. The lowest BCUT2D eigenvalue weighted by molar-refractivity contribution is 1.01. The zero-order valence-corrected chi connectivity index (χ0v) is 11.9. The van der Waals surface area contributed by atoms with Crippen molar-refractivity contribution in [3.63, 3.8) is 0 Å². The standard InChI is InChI=1S/C18H9N5/c19-9-15(8-4-7-14-5-2-1-3-6-14)18(16(10-20)11-21)17(12-22)13-23/h1-8,16H/b7-4+,15-8+. The Labute approximate surface area is 134 Å². The van der Waals surface area contributed by atoms with Crippen LogP contribution in [-0.4, -0.2) is 0 Å². The average Bonchev–Trinajstić information content (AvgIpc) is 2.60. The number of allylic oxidation sites excluding steroid dienone is 5. The van der Waals surface area contributed by atoms with Crippen LogP contribution < -0.4 is 0 Å². The van der Waals surface area contributed by atoms with Gasteiger partial charge in [-0.05, 0) is 11.6 Å². The third kappa shape index (κ3) is 4.44. The number of hydrogen-bond donors (Lipinski definition) is 0. The number of rotatable bonds is 4. The second-order valence-electron chi connectivity index (χ2n) is 4.17. The highest BCUT2D eigenvalue weighted by molar-refractivity contribution is 5.60. The normalized spacial score (nSPS) is 10.0. The molecule has 0 unspecified atom stereocenters. The van der Waals surface area contributed by atoms with E-state index >= 15 is 0 Å². The molecule has 0 saturated carbocycles. The van der Waals surface area contributed by atoms with Crippen LogP contribution in [0, 0.1) is 62.6 Å². The van der Waals surface area contributed by atoms with Crippen LogP contribution in [0.1, 0.15) is 5.56 Å². The summed E-state index contributed by atoms with van der Waals surface area (Å²) in [7, 11) is 0. The topological polar surface area (TPSA) is 119 Å². The Kier molecular flexibility index (Phi) is 6.59. The van der Waals surface area contributed by atoms with Crippen LogP contribution >= 0.6 is 0 Å². The molecule has 0 atom stereocenters. The molecule has 0 aliphatic heterocycles. The van der Waals surface area contributed by atoms with Crippen molar-refractivity contribution in [2.75, 3.05) is 0 Å². The summed E-state index contributed by atoms with van der Waals surface area (Å²) < 4.78 is 0. The SMILES string of the molecule is N#CC(C#N)=C(/C(C#N)=C/C=C/c1ccccc1)C(C#N)C#N. The second kappa shape index (κ2) is 8.94. The lowest BCUT2D eigenvalue weighted by atomic mass is 9.90. The van der Waals surface area contributed by atoms with Crippen molar-refractivity contribution in [2.45, 2.75) is 0 Å². The van der Waals surface area contributed by atoms with E-state index in [9.17, 15) is 5.26 Å². The van der Waals surface area contributed by atoms with Gasteiger partial charge in [0.25, 0.3) is 0 Å². The third-order valence-corrected chi connectivity index (χ3v) is 2.80. The van der Waals surface area contributed by atoms with Crippen molar-refractivity contribution < 1.29 is 0 Å². The van der Waals surface area contributed by atoms with Crippen LogP contribution in [0.4, 0.5) is 0 Å². The monoisotopic (exact) mass is 295 g/mol. The number of hydrogen-bond acceptors (Lipinski definition) is 5. The first-order chi connectivity index (χ1) is 11.2. The van der Waals surface area contributed by atoms with Gasteiger partial charge in [-0.2, -0.15) is 26.3 Å². The number of nitrogens with zero attached hydrogens (tertiary/aromatic N) is 5. The van der Waals surface area contributed by atoms with E-state index in [0.717, 1.165) is 5.56 Å². The molecule has 1 rings (SSSR count). The van der Waals surface area contributed by atoms with E-state index in [4.69, 9.17) is 21.0 Å². The summed E-state index contributed by atoms with van der Waals surface area (Å²) in [5.41, 5.74) is 0.243. The maximum atomic E-state index is 9.25. The molecule has 0 bridgehead atoms. The lowest BCUT2D eigenvalue weighted by Crippen LogP contribution is -2.04. The Bertz CT molecular complexity index is 839. The van der Waals surface area contributed by atoms with Crippen molar-refractivity contribution in [1.82, 2.24) is 0 Å². The molecule has 106 valence electrons. The van der Waals surface area contributed by atoms with Crippen molar-refractivity contribution in [1.29, 1.82) is 26.3 Å². The van der Waals surface area contributed by atoms with Crippen LogP contribution in [0.15, 0.2) is 59.2 Å². The smallest absolute Gasteiger partial charge is 0.161 e. The summed E-state index contributed by atoms with van der Waals surface area (Å²) in [6.45, 7) is 0. The molecule has 1 aromatic rings. The zero-order chi connectivity index (χ0) is 17.1. The highest BCUT2D eigenvalue weighted by Gasteiger charge is 2.22. The summed E-state index contributed by atoms with van der Waals surface area (Å²) in [6, 6.07) is 17.7. The molecule has 5 heteroatoms. The van der Waals surface area contributed by atoms with E-state index in [1.165, 1.54) is 6.08 Å². The Morgan fingerprint density at radius 1 is 0.870 bits per heavy atom. The molecule has 0 amide bonds. The minimum Gasteiger partial charge on any atom is -0.196 e. The van der Waals surface area contributed by atoms with Crippen LogP contribution in [-0.2, 0) is 0 Å². The van der Waals surface area contributed by atoms with Gasteiger partial charge < -0.3 is 0 Å². The Balaban J connectivity index is 3.35. The highest BCUT2D eigenvalue weighted by Crippen LogP contribution is 2.23. The van der Waals surface area contributed by atoms with E-state index in [0.29, 0.717) is 0 Å². The minimum absolute atomic E-state index is 0.0663. The van der Waals surface area contributed by atoms with E-state index in [1.54, 1.807) is 36.4 Å². The summed E-state index contributed by atoms with van der Waals surface area (Å²) in [4.78, 5) is 0. The minimum atomic E-state index is -1.36. The van der Waals surface area contributed by atoms with Crippen molar-refractivity contribution in [3.8, 4) is 30.3 Å². The van der Waals surface area contributed by atoms with Crippen molar-refractivity contribution in [3.05, 3.63) is 64.8 Å². The maximum Gasteiger partial charge on any atom is 0.161 e. The fraction of sp³-hybridized carbons (Fsp3) is 0.0556. The van der Waals surface area contributed by atoms with Gasteiger partial charge in [-0.15, -0.1) is 0 Å². The highest BCUT2D eigenvalue weighted by atomic mass is 14.4. The first kappa shape index (κ1) is 16.9. The molecule has 0 aliphatic rings. The quantitative estimate of drug-likeness (QED) is 0.624. The van der Waals surface area contributed by atoms with Crippen LogP contribution in [0.5, 0.6) is 0 Å². The van der Waals surface area contributed by atoms with Crippen LogP contribution in [0.25, 0.3) is 6.08 Å². The van der Waals surface area contributed by atoms with Crippen molar-refractivity contribution in [2.24, 2.45) is 5.92 Å². The number of nitriles is 5. The van der Waals surface area contributed by atoms with Gasteiger partial charge in [0.05, 0.1) is 23.8 Å². The number of benzene rings is 1. The predicted molar refractivity (Wildman–Crippen MR) is 82.1 cm³/mol. The van der Waals surface area contributed by atoms with E-state index in [-0.39, 0.29) is 11.1 Å². The van der Waals surface area contributed by atoms with E-state index < -0.39 is 11.5 Å². The zero-order valence-electron chi connectivity index (χ0n) is 11.9. The fourth-order valence-electron chi connectivity index (χ4n) is 1.74. The Hall–Kier alpha value is -4.11. The first-order valence-electron chi connectivity index (χ1n) is 6.39.